The van der Waals surface area contributed by atoms with Crippen LogP contribution < -0.4 is 4.74 Å². The van der Waals surface area contributed by atoms with E-state index in [1.54, 1.807) is 0 Å². The number of hydrogen-bond donors (Lipinski definition) is 1. The summed E-state index contributed by atoms with van der Waals surface area (Å²) in [4.78, 5) is 3.23. The van der Waals surface area contributed by atoms with Gasteiger partial charge in [-0.2, -0.15) is 0 Å². The largest absolute Gasteiger partial charge is 0.493 e. The molecule has 2 aliphatic heterocycles. The Kier molecular flexibility index (Phi) is 2.16. The summed E-state index contributed by atoms with van der Waals surface area (Å²) in [5.41, 5.74) is 2.12. The minimum Gasteiger partial charge on any atom is -0.493 e. The minimum atomic E-state index is -0.592. The molecular weight excluding hydrogens is 230 g/mol. The molecule has 1 fully saturated rings. The number of ether oxygens (including phenoxy) is 3. The standard InChI is InChI=1S/C14H15NO3/c1-3-14(17-6-7-18-14)11-9-12-10(2-4-15-12)8-13(11)16-5-1/h2,4,8-9,15H,1,3,5-7H2. The van der Waals surface area contributed by atoms with Crippen LogP contribution in [0.5, 0.6) is 5.75 Å². The van der Waals surface area contributed by atoms with E-state index < -0.39 is 5.79 Å². The molecule has 0 atom stereocenters. The van der Waals surface area contributed by atoms with Crippen molar-refractivity contribution in [2.75, 3.05) is 19.8 Å². The topological polar surface area (TPSA) is 43.5 Å². The average molecular weight is 245 g/mol. The summed E-state index contributed by atoms with van der Waals surface area (Å²) in [7, 11) is 0. The van der Waals surface area contributed by atoms with Crippen molar-refractivity contribution in [2.24, 2.45) is 0 Å². The van der Waals surface area contributed by atoms with E-state index in [-0.39, 0.29) is 0 Å². The lowest BCUT2D eigenvalue weighted by Crippen LogP contribution is -2.26. The fourth-order valence-corrected chi connectivity index (χ4v) is 2.87. The Morgan fingerprint density at radius 3 is 2.89 bits per heavy atom. The van der Waals surface area contributed by atoms with E-state index in [4.69, 9.17) is 14.2 Å². The Morgan fingerprint density at radius 1 is 1.11 bits per heavy atom. The molecule has 1 saturated heterocycles. The van der Waals surface area contributed by atoms with E-state index in [2.05, 4.69) is 17.1 Å². The van der Waals surface area contributed by atoms with Gasteiger partial charge in [0.1, 0.15) is 5.75 Å². The third kappa shape index (κ3) is 1.39. The van der Waals surface area contributed by atoms with Gasteiger partial charge < -0.3 is 19.2 Å². The third-order valence-corrected chi connectivity index (χ3v) is 3.73. The van der Waals surface area contributed by atoms with Crippen LogP contribution in [0.4, 0.5) is 0 Å². The first-order valence-corrected chi connectivity index (χ1v) is 6.40. The number of aromatic nitrogens is 1. The number of fused-ring (bicyclic) bond motifs is 3. The summed E-state index contributed by atoms with van der Waals surface area (Å²) >= 11 is 0. The molecule has 2 aromatic rings. The van der Waals surface area contributed by atoms with E-state index in [0.717, 1.165) is 41.7 Å². The molecule has 1 aromatic heterocycles. The molecule has 1 aromatic carbocycles. The minimum absolute atomic E-state index is 0.592. The first kappa shape index (κ1) is 10.4. The molecule has 0 saturated carbocycles. The summed E-state index contributed by atoms with van der Waals surface area (Å²) in [6.45, 7) is 2.03. The van der Waals surface area contributed by atoms with Gasteiger partial charge in [0.25, 0.3) is 0 Å². The molecule has 2 aliphatic rings. The average Bonchev–Trinajstić information content (AvgIpc) is 2.98. The fourth-order valence-electron chi connectivity index (χ4n) is 2.87. The number of benzene rings is 1. The van der Waals surface area contributed by atoms with E-state index in [1.807, 2.05) is 12.3 Å². The second kappa shape index (κ2) is 3.73. The van der Waals surface area contributed by atoms with Gasteiger partial charge in [-0.3, -0.25) is 0 Å². The van der Waals surface area contributed by atoms with Crippen LogP contribution in [-0.2, 0) is 15.3 Å². The van der Waals surface area contributed by atoms with Gasteiger partial charge in [0, 0.05) is 23.5 Å². The van der Waals surface area contributed by atoms with Crippen LogP contribution in [0, 0.1) is 0 Å². The molecule has 0 bridgehead atoms. The Bertz CT molecular complexity index is 584. The Hall–Kier alpha value is -1.52. The number of H-pyrrole nitrogens is 1. The highest BCUT2D eigenvalue weighted by molar-refractivity contribution is 5.82. The zero-order valence-electron chi connectivity index (χ0n) is 10.1. The van der Waals surface area contributed by atoms with Gasteiger partial charge in [0.05, 0.1) is 25.4 Å². The number of rotatable bonds is 0. The second-order valence-electron chi connectivity index (χ2n) is 4.82. The fraction of sp³-hybridized carbons (Fsp3) is 0.429. The van der Waals surface area contributed by atoms with Crippen molar-refractivity contribution in [3.8, 4) is 5.75 Å². The maximum absolute atomic E-state index is 5.90. The Morgan fingerprint density at radius 2 is 2.00 bits per heavy atom. The second-order valence-corrected chi connectivity index (χ2v) is 4.82. The van der Waals surface area contributed by atoms with Gasteiger partial charge in [0.2, 0.25) is 0 Å². The lowest BCUT2D eigenvalue weighted by molar-refractivity contribution is -0.169. The molecule has 18 heavy (non-hydrogen) atoms. The van der Waals surface area contributed by atoms with Crippen molar-refractivity contribution in [1.29, 1.82) is 0 Å². The molecule has 4 rings (SSSR count). The molecule has 3 heterocycles. The smallest absolute Gasteiger partial charge is 0.198 e. The Balaban J connectivity index is 1.95. The first-order valence-electron chi connectivity index (χ1n) is 6.40. The zero-order chi connectivity index (χ0) is 12.0. The highest BCUT2D eigenvalue weighted by Crippen LogP contribution is 2.44. The number of nitrogens with one attached hydrogen (secondary N) is 1. The molecular formula is C14H15NO3. The van der Waals surface area contributed by atoms with Crippen LogP contribution in [0.15, 0.2) is 24.4 Å². The SMILES string of the molecule is c1cc2cc3c(cc2[nH]1)C1(CCCO3)OCCO1. The molecule has 4 nitrogen and oxygen atoms in total. The molecule has 1 spiro atoms. The van der Waals surface area contributed by atoms with Crippen LogP contribution in [0.3, 0.4) is 0 Å². The maximum atomic E-state index is 5.90. The van der Waals surface area contributed by atoms with Crippen molar-refractivity contribution in [1.82, 2.24) is 4.98 Å². The van der Waals surface area contributed by atoms with Crippen LogP contribution >= 0.6 is 0 Å². The summed E-state index contributed by atoms with van der Waals surface area (Å²) in [5.74, 6) is 0.298. The molecule has 0 amide bonds. The monoisotopic (exact) mass is 245 g/mol. The van der Waals surface area contributed by atoms with E-state index in [1.165, 1.54) is 0 Å². The normalized spacial score (nSPS) is 21.8. The van der Waals surface area contributed by atoms with Crippen LogP contribution in [0.1, 0.15) is 18.4 Å². The summed E-state index contributed by atoms with van der Waals surface area (Å²) in [6, 6.07) is 6.22. The van der Waals surface area contributed by atoms with Crippen molar-refractivity contribution >= 4 is 10.9 Å². The lowest BCUT2D eigenvalue weighted by Gasteiger charge is -2.26. The van der Waals surface area contributed by atoms with E-state index in [9.17, 15) is 0 Å². The van der Waals surface area contributed by atoms with Crippen molar-refractivity contribution < 1.29 is 14.2 Å². The quantitative estimate of drug-likeness (QED) is 0.775. The van der Waals surface area contributed by atoms with E-state index in [0.29, 0.717) is 13.2 Å². The van der Waals surface area contributed by atoms with Gasteiger partial charge in [-0.1, -0.05) is 0 Å². The zero-order valence-corrected chi connectivity index (χ0v) is 10.1. The third-order valence-electron chi connectivity index (χ3n) is 3.73. The molecule has 0 unspecified atom stereocenters. The number of aromatic amines is 1. The van der Waals surface area contributed by atoms with Gasteiger partial charge in [-0.25, -0.2) is 0 Å². The molecule has 94 valence electrons. The molecule has 0 radical (unpaired) electrons. The highest BCUT2D eigenvalue weighted by Gasteiger charge is 2.42. The van der Waals surface area contributed by atoms with E-state index >= 15 is 0 Å². The number of hydrogen-bond acceptors (Lipinski definition) is 3. The summed E-state index contributed by atoms with van der Waals surface area (Å²) < 4.78 is 17.6. The predicted molar refractivity (Wildman–Crippen MR) is 66.6 cm³/mol. The van der Waals surface area contributed by atoms with Gasteiger partial charge in [-0.05, 0) is 24.6 Å². The summed E-state index contributed by atoms with van der Waals surface area (Å²) in [6.07, 6.45) is 3.74. The van der Waals surface area contributed by atoms with Crippen LogP contribution in [0.25, 0.3) is 10.9 Å². The van der Waals surface area contributed by atoms with Gasteiger partial charge >= 0.3 is 0 Å². The molecule has 4 heteroatoms. The van der Waals surface area contributed by atoms with Crippen molar-refractivity contribution in [3.05, 3.63) is 30.0 Å². The van der Waals surface area contributed by atoms with Gasteiger partial charge in [0.15, 0.2) is 5.79 Å². The van der Waals surface area contributed by atoms with Gasteiger partial charge in [-0.15, -0.1) is 0 Å². The molecule has 1 N–H and O–H groups in total. The molecule has 0 aliphatic carbocycles. The Labute approximate surface area is 105 Å². The predicted octanol–water partition coefficient (Wildman–Crippen LogP) is 2.54. The highest BCUT2D eigenvalue weighted by atomic mass is 16.7. The lowest BCUT2D eigenvalue weighted by atomic mass is 9.99. The van der Waals surface area contributed by atoms with Crippen LogP contribution in [0.2, 0.25) is 0 Å². The first-order chi connectivity index (χ1) is 8.87. The van der Waals surface area contributed by atoms with Crippen molar-refractivity contribution in [2.45, 2.75) is 18.6 Å². The maximum Gasteiger partial charge on any atom is 0.198 e. The van der Waals surface area contributed by atoms with Crippen LogP contribution in [-0.4, -0.2) is 24.8 Å². The van der Waals surface area contributed by atoms with Crippen molar-refractivity contribution in [3.63, 3.8) is 0 Å². The summed E-state index contributed by atoms with van der Waals surface area (Å²) in [5, 5.41) is 1.16.